The zero-order chi connectivity index (χ0) is 18.4. The molecule has 5 heteroatoms. The third-order valence-electron chi connectivity index (χ3n) is 4.54. The molecule has 1 aromatic carbocycles. The van der Waals surface area contributed by atoms with E-state index < -0.39 is 0 Å². The molecule has 2 amide bonds. The fourth-order valence-corrected chi connectivity index (χ4v) is 3.16. The monoisotopic (exact) mass is 352 g/mol. The Kier molecular flexibility index (Phi) is 5.89. The first-order chi connectivity index (χ1) is 12.6. The SMILES string of the molecule is Cc1cccc(C(=O)N/C(=C\c2ccco2)C(=O)NC2CCCCC2)c1. The van der Waals surface area contributed by atoms with Crippen LogP contribution in [0.4, 0.5) is 0 Å². The molecule has 136 valence electrons. The number of furan rings is 1. The van der Waals surface area contributed by atoms with Crippen molar-refractivity contribution in [2.75, 3.05) is 0 Å². The number of hydrogen-bond acceptors (Lipinski definition) is 3. The molecule has 26 heavy (non-hydrogen) atoms. The van der Waals surface area contributed by atoms with Crippen molar-refractivity contribution in [1.82, 2.24) is 10.6 Å². The van der Waals surface area contributed by atoms with Gasteiger partial charge in [0.2, 0.25) is 0 Å². The van der Waals surface area contributed by atoms with Gasteiger partial charge in [-0.15, -0.1) is 0 Å². The number of carbonyl (C=O) groups is 2. The van der Waals surface area contributed by atoms with E-state index in [1.54, 1.807) is 30.3 Å². The first-order valence-corrected chi connectivity index (χ1v) is 9.06. The molecular formula is C21H24N2O3. The number of amides is 2. The van der Waals surface area contributed by atoms with E-state index in [2.05, 4.69) is 10.6 Å². The molecule has 1 aromatic heterocycles. The average molecular weight is 352 g/mol. The molecular weight excluding hydrogens is 328 g/mol. The van der Waals surface area contributed by atoms with E-state index in [0.717, 1.165) is 31.2 Å². The molecule has 1 saturated carbocycles. The van der Waals surface area contributed by atoms with Crippen molar-refractivity contribution in [1.29, 1.82) is 0 Å². The molecule has 2 N–H and O–H groups in total. The van der Waals surface area contributed by atoms with Crippen LogP contribution in [-0.4, -0.2) is 17.9 Å². The van der Waals surface area contributed by atoms with Gasteiger partial charge < -0.3 is 15.1 Å². The van der Waals surface area contributed by atoms with E-state index in [1.165, 1.54) is 12.7 Å². The summed E-state index contributed by atoms with van der Waals surface area (Å²) in [6.07, 6.45) is 8.51. The number of rotatable bonds is 5. The number of nitrogens with one attached hydrogen (secondary N) is 2. The lowest BCUT2D eigenvalue weighted by Gasteiger charge is -2.23. The molecule has 2 aromatic rings. The van der Waals surface area contributed by atoms with Gasteiger partial charge in [-0.25, -0.2) is 0 Å². The molecule has 0 unspecified atom stereocenters. The highest BCUT2D eigenvalue weighted by Gasteiger charge is 2.20. The van der Waals surface area contributed by atoms with Crippen molar-refractivity contribution in [2.45, 2.75) is 45.1 Å². The summed E-state index contributed by atoms with van der Waals surface area (Å²) >= 11 is 0. The van der Waals surface area contributed by atoms with Crippen LogP contribution in [0, 0.1) is 6.92 Å². The number of hydrogen-bond donors (Lipinski definition) is 2. The Bertz CT molecular complexity index is 787. The minimum Gasteiger partial charge on any atom is -0.465 e. The Balaban J connectivity index is 1.77. The van der Waals surface area contributed by atoms with Crippen LogP contribution in [0.15, 0.2) is 52.8 Å². The Hall–Kier alpha value is -2.82. The minimum atomic E-state index is -0.315. The number of carbonyl (C=O) groups excluding carboxylic acids is 2. The summed E-state index contributed by atoms with van der Waals surface area (Å²) in [6, 6.07) is 10.9. The van der Waals surface area contributed by atoms with Gasteiger partial charge in [-0.05, 0) is 44.0 Å². The molecule has 0 atom stereocenters. The van der Waals surface area contributed by atoms with Gasteiger partial charge in [0.05, 0.1) is 6.26 Å². The minimum absolute atomic E-state index is 0.159. The molecule has 0 aliphatic heterocycles. The fourth-order valence-electron chi connectivity index (χ4n) is 3.16. The molecule has 0 radical (unpaired) electrons. The second-order valence-corrected chi connectivity index (χ2v) is 6.71. The van der Waals surface area contributed by atoms with Crippen LogP contribution in [0.1, 0.15) is 53.8 Å². The van der Waals surface area contributed by atoms with Crippen LogP contribution in [0.25, 0.3) is 6.08 Å². The largest absolute Gasteiger partial charge is 0.465 e. The zero-order valence-electron chi connectivity index (χ0n) is 15.0. The first kappa shape index (κ1) is 18.0. The molecule has 3 rings (SSSR count). The van der Waals surface area contributed by atoms with Crippen molar-refractivity contribution < 1.29 is 14.0 Å². The smallest absolute Gasteiger partial charge is 0.268 e. The van der Waals surface area contributed by atoms with Crippen molar-refractivity contribution in [3.05, 3.63) is 65.2 Å². The van der Waals surface area contributed by atoms with Crippen LogP contribution in [0.2, 0.25) is 0 Å². The van der Waals surface area contributed by atoms with E-state index in [9.17, 15) is 9.59 Å². The standard InChI is InChI=1S/C21H24N2O3/c1-15-7-5-8-16(13-15)20(24)23-19(14-18-11-6-12-26-18)21(25)22-17-9-3-2-4-10-17/h5-8,11-14,17H,2-4,9-10H2,1H3,(H,22,25)(H,23,24)/b19-14-. The summed E-state index contributed by atoms with van der Waals surface area (Å²) in [5, 5.41) is 5.77. The van der Waals surface area contributed by atoms with Crippen molar-refractivity contribution in [2.24, 2.45) is 0 Å². The highest BCUT2D eigenvalue weighted by molar-refractivity contribution is 6.05. The van der Waals surface area contributed by atoms with Crippen LogP contribution in [0.3, 0.4) is 0 Å². The summed E-state index contributed by atoms with van der Waals surface area (Å²) in [4.78, 5) is 25.3. The van der Waals surface area contributed by atoms with E-state index >= 15 is 0 Å². The lowest BCUT2D eigenvalue weighted by molar-refractivity contribution is -0.118. The Morgan fingerprint density at radius 1 is 1.12 bits per heavy atom. The third-order valence-corrected chi connectivity index (χ3v) is 4.54. The van der Waals surface area contributed by atoms with Gasteiger partial charge in [0.15, 0.2) is 0 Å². The summed E-state index contributed by atoms with van der Waals surface area (Å²) in [7, 11) is 0. The van der Waals surface area contributed by atoms with Crippen LogP contribution in [-0.2, 0) is 4.79 Å². The van der Waals surface area contributed by atoms with Crippen LogP contribution >= 0.6 is 0 Å². The summed E-state index contributed by atoms with van der Waals surface area (Å²) in [6.45, 7) is 1.92. The van der Waals surface area contributed by atoms with Crippen molar-refractivity contribution >= 4 is 17.9 Å². The zero-order valence-corrected chi connectivity index (χ0v) is 15.0. The van der Waals surface area contributed by atoms with E-state index in [-0.39, 0.29) is 23.6 Å². The molecule has 5 nitrogen and oxygen atoms in total. The number of benzene rings is 1. The second kappa shape index (κ2) is 8.52. The van der Waals surface area contributed by atoms with Crippen LogP contribution < -0.4 is 10.6 Å². The molecule has 0 saturated heterocycles. The lowest BCUT2D eigenvalue weighted by Crippen LogP contribution is -2.41. The van der Waals surface area contributed by atoms with Gasteiger partial charge in [0.25, 0.3) is 11.8 Å². The molecule has 1 heterocycles. The maximum absolute atomic E-state index is 12.7. The molecule has 0 spiro atoms. The quantitative estimate of drug-likeness (QED) is 0.804. The highest BCUT2D eigenvalue weighted by Crippen LogP contribution is 2.18. The number of aryl methyl sites for hydroxylation is 1. The fraction of sp³-hybridized carbons (Fsp3) is 0.333. The van der Waals surface area contributed by atoms with Gasteiger partial charge in [-0.1, -0.05) is 37.0 Å². The Morgan fingerprint density at radius 2 is 1.92 bits per heavy atom. The van der Waals surface area contributed by atoms with Gasteiger partial charge in [0.1, 0.15) is 11.5 Å². The van der Waals surface area contributed by atoms with Crippen LogP contribution in [0.5, 0.6) is 0 Å². The maximum atomic E-state index is 12.7. The van der Waals surface area contributed by atoms with Gasteiger partial charge >= 0.3 is 0 Å². The summed E-state index contributed by atoms with van der Waals surface area (Å²) in [5.41, 5.74) is 1.69. The molecule has 1 fully saturated rings. The second-order valence-electron chi connectivity index (χ2n) is 6.71. The van der Waals surface area contributed by atoms with Gasteiger partial charge in [0, 0.05) is 17.7 Å². The molecule has 1 aliphatic carbocycles. The van der Waals surface area contributed by atoms with Gasteiger partial charge in [-0.3, -0.25) is 9.59 Å². The topological polar surface area (TPSA) is 71.3 Å². The third kappa shape index (κ3) is 4.85. The van der Waals surface area contributed by atoms with Crippen molar-refractivity contribution in [3.8, 4) is 0 Å². The summed E-state index contributed by atoms with van der Waals surface area (Å²) < 4.78 is 5.30. The Labute approximate surface area is 153 Å². The Morgan fingerprint density at radius 3 is 2.62 bits per heavy atom. The average Bonchev–Trinajstić information content (AvgIpc) is 3.15. The molecule has 0 bridgehead atoms. The summed E-state index contributed by atoms with van der Waals surface area (Å²) in [5.74, 6) is -0.0806. The molecule has 1 aliphatic rings. The van der Waals surface area contributed by atoms with Crippen molar-refractivity contribution in [3.63, 3.8) is 0 Å². The normalized spacial score (nSPS) is 15.5. The van der Waals surface area contributed by atoms with E-state index in [1.807, 2.05) is 19.1 Å². The van der Waals surface area contributed by atoms with E-state index in [0.29, 0.717) is 11.3 Å². The lowest BCUT2D eigenvalue weighted by atomic mass is 9.95. The predicted octanol–water partition coefficient (Wildman–Crippen LogP) is 3.81. The maximum Gasteiger partial charge on any atom is 0.268 e. The first-order valence-electron chi connectivity index (χ1n) is 9.06. The van der Waals surface area contributed by atoms with E-state index in [4.69, 9.17) is 4.42 Å². The predicted molar refractivity (Wildman–Crippen MR) is 100 cm³/mol. The highest BCUT2D eigenvalue weighted by atomic mass is 16.3. The van der Waals surface area contributed by atoms with Gasteiger partial charge in [-0.2, -0.15) is 0 Å².